The number of nitrogens with two attached hydrogens (primary N) is 1. The van der Waals surface area contributed by atoms with Crippen LogP contribution in [-0.4, -0.2) is 0 Å². The van der Waals surface area contributed by atoms with Crippen molar-refractivity contribution in [2.75, 3.05) is 5.73 Å². The van der Waals surface area contributed by atoms with Crippen LogP contribution in [0.5, 0.6) is 0 Å². The van der Waals surface area contributed by atoms with Crippen molar-refractivity contribution in [3.8, 4) is 0 Å². The second-order valence-electron chi connectivity index (χ2n) is 2.91. The fourth-order valence-corrected chi connectivity index (χ4v) is 0.870. The Hall–Kier alpha value is -0.656. The first-order valence-electron chi connectivity index (χ1n) is 4.43. The summed E-state index contributed by atoms with van der Waals surface area (Å²) in [4.78, 5) is 0. The van der Waals surface area contributed by atoms with Crippen molar-refractivity contribution < 1.29 is 32.7 Å². The third-order valence-corrected chi connectivity index (χ3v) is 1.63. The van der Waals surface area contributed by atoms with Gasteiger partial charge in [-0.05, 0) is 0 Å². The van der Waals surface area contributed by atoms with E-state index in [4.69, 9.17) is 5.73 Å². The van der Waals surface area contributed by atoms with Gasteiger partial charge in [-0.15, -0.1) is 12.1 Å². The summed E-state index contributed by atoms with van der Waals surface area (Å²) in [6, 6.07) is 20.9. The maximum absolute atomic E-state index is 5.34. The number of aryl methyl sites for hydroxylation is 1. The molecule has 0 heterocycles. The molecule has 0 unspecified atom stereocenters. The molecule has 0 bridgehead atoms. The van der Waals surface area contributed by atoms with E-state index >= 15 is 0 Å². The van der Waals surface area contributed by atoms with Crippen LogP contribution < -0.4 is 5.73 Å². The molecule has 2 aromatic rings. The predicted molar refractivity (Wildman–Crippen MR) is 59.7 cm³/mol. The maximum atomic E-state index is 5.34. The molecule has 1 radical (unpaired) electrons. The molecule has 0 spiro atoms. The topological polar surface area (TPSA) is 26.0 Å². The zero-order valence-electron chi connectivity index (χ0n) is 8.77. The van der Waals surface area contributed by atoms with Gasteiger partial charge >= 0.3 is 0 Å². The molecule has 75 valence electrons. The summed E-state index contributed by atoms with van der Waals surface area (Å²) >= 11 is 0. The van der Waals surface area contributed by atoms with Crippen LogP contribution in [-0.2, 0) is 32.7 Å². The van der Waals surface area contributed by atoms with Gasteiger partial charge < -0.3 is 5.73 Å². The van der Waals surface area contributed by atoms with Crippen LogP contribution in [0.3, 0.4) is 0 Å². The molecule has 0 saturated heterocycles. The molecule has 2 aromatic carbocycles. The molecular weight excluding hydrogens is 259 g/mol. The zero-order valence-corrected chi connectivity index (χ0v) is 11.6. The molecule has 0 aliphatic rings. The molecule has 0 aromatic heterocycles. The molecule has 2 rings (SSSR count). The van der Waals surface area contributed by atoms with Crippen molar-refractivity contribution in [1.29, 1.82) is 0 Å². The first-order chi connectivity index (χ1) is 6.79. The van der Waals surface area contributed by atoms with Crippen molar-refractivity contribution in [3.05, 3.63) is 66.2 Å². The van der Waals surface area contributed by atoms with E-state index in [1.54, 1.807) is 24.3 Å². The minimum absolute atomic E-state index is 0. The van der Waals surface area contributed by atoms with Gasteiger partial charge in [-0.1, -0.05) is 12.6 Å². The first-order valence-corrected chi connectivity index (χ1v) is 4.43. The largest absolute Gasteiger partial charge is 0.419 e. The van der Waals surface area contributed by atoms with E-state index < -0.39 is 0 Å². The van der Waals surface area contributed by atoms with Gasteiger partial charge in [0.15, 0.2) is 0 Å². The first kappa shape index (κ1) is 14.3. The zero-order chi connectivity index (χ0) is 10.2. The van der Waals surface area contributed by atoms with Crippen LogP contribution >= 0.6 is 0 Å². The number of nitrogen functional groups attached to an aromatic ring is 1. The number of anilines is 1. The Kier molecular flexibility index (Phi) is 8.26. The molecule has 2 N–H and O–H groups in total. The summed E-state index contributed by atoms with van der Waals surface area (Å²) in [6.07, 6.45) is 0. The third kappa shape index (κ3) is 7.29. The Morgan fingerprint density at radius 3 is 1.47 bits per heavy atom. The van der Waals surface area contributed by atoms with Gasteiger partial charge in [0, 0.05) is 32.7 Å². The molecular formula is C13H13NY-2. The Morgan fingerprint density at radius 1 is 0.867 bits per heavy atom. The van der Waals surface area contributed by atoms with E-state index in [-0.39, 0.29) is 32.7 Å². The van der Waals surface area contributed by atoms with Gasteiger partial charge in [-0.25, -0.2) is 0 Å². The Morgan fingerprint density at radius 2 is 1.27 bits per heavy atom. The summed E-state index contributed by atoms with van der Waals surface area (Å²) in [5.74, 6) is 0. The summed E-state index contributed by atoms with van der Waals surface area (Å²) in [5, 5.41) is 0. The van der Waals surface area contributed by atoms with Crippen LogP contribution in [0.15, 0.2) is 48.5 Å². The van der Waals surface area contributed by atoms with Crippen molar-refractivity contribution in [2.45, 2.75) is 6.92 Å². The molecule has 0 aliphatic carbocycles. The summed E-state index contributed by atoms with van der Waals surface area (Å²) in [5.41, 5.74) is 7.42. The minimum atomic E-state index is 0. The van der Waals surface area contributed by atoms with Gasteiger partial charge in [0.05, 0.1) is 0 Å². The van der Waals surface area contributed by atoms with Crippen LogP contribution in [0.25, 0.3) is 0 Å². The molecule has 0 aliphatic heterocycles. The summed E-state index contributed by atoms with van der Waals surface area (Å²) < 4.78 is 0. The second kappa shape index (κ2) is 8.64. The third-order valence-electron chi connectivity index (χ3n) is 1.63. The Bertz CT molecular complexity index is 308. The second-order valence-corrected chi connectivity index (χ2v) is 2.91. The average molecular weight is 272 g/mol. The van der Waals surface area contributed by atoms with Crippen LogP contribution in [0.4, 0.5) is 5.69 Å². The van der Waals surface area contributed by atoms with Crippen LogP contribution in [0, 0.1) is 19.1 Å². The van der Waals surface area contributed by atoms with Gasteiger partial charge in [0.2, 0.25) is 0 Å². The van der Waals surface area contributed by atoms with E-state index in [0.29, 0.717) is 0 Å². The number of hydrogen-bond donors (Lipinski definition) is 1. The standard InChI is InChI=1S/C7H7.C6H6N.Y/c1-7-5-3-2-4-6-7;7-6-4-2-1-3-5-6;/h3-6H,1H3;2-5H,7H2;/q2*-1;. The molecule has 1 nitrogen and oxygen atoms in total. The molecule has 0 fully saturated rings. The van der Waals surface area contributed by atoms with E-state index in [1.165, 1.54) is 5.56 Å². The summed E-state index contributed by atoms with van der Waals surface area (Å²) in [6.45, 7) is 2.06. The van der Waals surface area contributed by atoms with Crippen molar-refractivity contribution in [2.24, 2.45) is 0 Å². The van der Waals surface area contributed by atoms with Crippen molar-refractivity contribution in [3.63, 3.8) is 0 Å². The quantitative estimate of drug-likeness (QED) is 0.579. The molecule has 0 amide bonds. The molecule has 2 heteroatoms. The van der Waals surface area contributed by atoms with Crippen LogP contribution in [0.1, 0.15) is 5.56 Å². The van der Waals surface area contributed by atoms with Gasteiger partial charge in [-0.2, -0.15) is 54.1 Å². The molecule has 15 heavy (non-hydrogen) atoms. The van der Waals surface area contributed by atoms with E-state index in [2.05, 4.69) is 19.1 Å². The molecule has 0 atom stereocenters. The monoisotopic (exact) mass is 272 g/mol. The number of benzene rings is 2. The Labute approximate surface area is 117 Å². The van der Waals surface area contributed by atoms with E-state index in [0.717, 1.165) is 5.69 Å². The van der Waals surface area contributed by atoms with Crippen LogP contribution in [0.2, 0.25) is 0 Å². The fourth-order valence-electron chi connectivity index (χ4n) is 0.870. The SMILES string of the molecule is Cc1cc[c-]cc1.Nc1cc[c-]cc1.[Y]. The average Bonchev–Trinajstić information content (AvgIpc) is 2.21. The smallest absolute Gasteiger partial charge is 0 e. The molecule has 0 saturated carbocycles. The number of hydrogen-bond acceptors (Lipinski definition) is 1. The van der Waals surface area contributed by atoms with Gasteiger partial charge in [0.25, 0.3) is 0 Å². The Balaban J connectivity index is 0.000000245. The van der Waals surface area contributed by atoms with E-state index in [9.17, 15) is 0 Å². The summed E-state index contributed by atoms with van der Waals surface area (Å²) in [7, 11) is 0. The van der Waals surface area contributed by atoms with Crippen molar-refractivity contribution >= 4 is 5.69 Å². The van der Waals surface area contributed by atoms with Gasteiger partial charge in [0.1, 0.15) is 0 Å². The minimum Gasteiger partial charge on any atom is -0.419 e. The fraction of sp³-hybridized carbons (Fsp3) is 0.0769. The van der Waals surface area contributed by atoms with Gasteiger partial charge in [-0.3, -0.25) is 0 Å². The predicted octanol–water partition coefficient (Wildman–Crippen LogP) is 2.86. The maximum Gasteiger partial charge on any atom is 0 e. The normalized spacial score (nSPS) is 8.07. The van der Waals surface area contributed by atoms with Crippen molar-refractivity contribution in [1.82, 2.24) is 0 Å². The van der Waals surface area contributed by atoms with E-state index in [1.807, 2.05) is 24.3 Å². The number of rotatable bonds is 0.